The molecule has 0 spiro atoms. The van der Waals surface area contributed by atoms with Crippen LogP contribution < -0.4 is 15.5 Å². The molecule has 4 aliphatic rings. The number of carbonyl (C=O) groups excluding carboxylic acids is 5. The third-order valence-electron chi connectivity index (χ3n) is 13.4. The molecule has 1 unspecified atom stereocenters. The van der Waals surface area contributed by atoms with Gasteiger partial charge in [0.15, 0.2) is 5.82 Å². The minimum Gasteiger partial charge on any atom is -0.367 e. The molecule has 5 amide bonds. The third-order valence-corrected chi connectivity index (χ3v) is 13.4. The lowest BCUT2D eigenvalue weighted by Gasteiger charge is -2.43. The number of nitrogens with one attached hydrogen (secondary N) is 3. The topological polar surface area (TPSA) is 182 Å². The highest BCUT2D eigenvalue weighted by atomic mass is 19.4. The van der Waals surface area contributed by atoms with Crippen molar-refractivity contribution < 1.29 is 41.5 Å². The van der Waals surface area contributed by atoms with E-state index in [1.165, 1.54) is 17.8 Å². The Kier molecular flexibility index (Phi) is 12.0. The predicted molar refractivity (Wildman–Crippen MR) is 236 cm³/mol. The van der Waals surface area contributed by atoms with Gasteiger partial charge in [0.05, 0.1) is 40.8 Å². The maximum atomic E-state index is 15.5. The number of H-pyrrole nitrogens is 1. The summed E-state index contributed by atoms with van der Waals surface area (Å²) in [7, 11) is 0. The second-order valence-corrected chi connectivity index (χ2v) is 18.1. The van der Waals surface area contributed by atoms with Gasteiger partial charge < -0.3 is 10.2 Å². The Morgan fingerprint density at radius 3 is 2.28 bits per heavy atom. The van der Waals surface area contributed by atoms with Crippen LogP contribution in [0.5, 0.6) is 0 Å². The smallest absolute Gasteiger partial charge is 0.367 e. The van der Waals surface area contributed by atoms with Crippen LogP contribution in [0.25, 0.3) is 16.8 Å². The van der Waals surface area contributed by atoms with Gasteiger partial charge in [0.25, 0.3) is 17.7 Å². The zero-order chi connectivity index (χ0) is 47.4. The number of piperidine rings is 2. The van der Waals surface area contributed by atoms with Crippen molar-refractivity contribution in [3.8, 4) is 16.8 Å². The summed E-state index contributed by atoms with van der Waals surface area (Å²) in [5.74, 6) is -3.94. The first-order valence-electron chi connectivity index (χ1n) is 22.2. The SMILES string of the molecule is Cc1cc(-c2cccc(CN3CCC(N4CCN(c5cc6c(cc5F)C(=O)N(C5CCC(=O)NC5=O)C6=O)CC4)CC3)c2)ccc1-n1cc(C(=O)NCc2nc(C(C)(C)C(F)(F)F)n[nH]2)cn1. The first-order chi connectivity index (χ1) is 31.9. The number of amides is 5. The van der Waals surface area contributed by atoms with Gasteiger partial charge in [0.1, 0.15) is 23.1 Å². The van der Waals surface area contributed by atoms with Crippen molar-refractivity contribution in [3.63, 3.8) is 0 Å². The number of anilines is 1. The largest absolute Gasteiger partial charge is 0.401 e. The van der Waals surface area contributed by atoms with Crippen molar-refractivity contribution in [2.75, 3.05) is 44.2 Å². The van der Waals surface area contributed by atoms with Crippen LogP contribution in [0, 0.1) is 12.7 Å². The number of hydrogen-bond donors (Lipinski definition) is 3. The van der Waals surface area contributed by atoms with Gasteiger partial charge >= 0.3 is 6.18 Å². The van der Waals surface area contributed by atoms with Crippen LogP contribution in [0.3, 0.4) is 0 Å². The number of halogens is 4. The number of alkyl halides is 3. The number of carbonyl (C=O) groups is 5. The first kappa shape index (κ1) is 45.4. The highest BCUT2D eigenvalue weighted by Crippen LogP contribution is 2.39. The summed E-state index contributed by atoms with van der Waals surface area (Å²) >= 11 is 0. The van der Waals surface area contributed by atoms with Crippen LogP contribution in [0.1, 0.15) is 93.4 Å². The van der Waals surface area contributed by atoms with E-state index in [4.69, 9.17) is 0 Å². The van der Waals surface area contributed by atoms with Crippen LogP contribution in [-0.2, 0) is 28.1 Å². The standard InChI is InChI=1S/C47H49F4N11O5/c1-27-19-30(7-8-36(27)61-26-31(23-53-61)41(64)52-24-39-54-45(57-56-39)46(2,3)47(49,50)51)29-6-4-5-28(20-29)25-58-13-11-32(12-14-58)59-15-17-60(18-16-59)38-22-34-33(21-35(38)48)43(66)62(44(34)67)37-9-10-40(63)55-42(37)65/h4-8,19-23,26,32,37H,9-18,24-25H2,1-3H3,(H,52,64)(H,54,56,57)(H,55,63,65). The van der Waals surface area contributed by atoms with Crippen molar-refractivity contribution in [1.82, 2.24) is 50.3 Å². The molecule has 20 heteroatoms. The summed E-state index contributed by atoms with van der Waals surface area (Å²) in [6, 6.07) is 16.3. The molecule has 0 radical (unpaired) electrons. The lowest BCUT2D eigenvalue weighted by atomic mass is 9.92. The predicted octanol–water partition coefficient (Wildman–Crippen LogP) is 5.06. The minimum atomic E-state index is -4.54. The molecule has 350 valence electrons. The minimum absolute atomic E-state index is 0.00519. The van der Waals surface area contributed by atoms with Crippen LogP contribution in [0.2, 0.25) is 0 Å². The van der Waals surface area contributed by atoms with E-state index < -0.39 is 58.8 Å². The van der Waals surface area contributed by atoms with Crippen LogP contribution in [-0.4, -0.2) is 127 Å². The zero-order valence-electron chi connectivity index (χ0n) is 37.1. The Bertz CT molecular complexity index is 2770. The molecule has 6 heterocycles. The van der Waals surface area contributed by atoms with E-state index >= 15 is 4.39 Å². The summed E-state index contributed by atoms with van der Waals surface area (Å²) in [5, 5.41) is 15.4. The summed E-state index contributed by atoms with van der Waals surface area (Å²) < 4.78 is 57.4. The highest BCUT2D eigenvalue weighted by Gasteiger charge is 2.51. The number of aromatic amines is 1. The number of fused-ring (bicyclic) bond motifs is 1. The van der Waals surface area contributed by atoms with Gasteiger partial charge in [-0.05, 0) is 106 Å². The van der Waals surface area contributed by atoms with Gasteiger partial charge in [-0.2, -0.15) is 23.4 Å². The molecule has 67 heavy (non-hydrogen) atoms. The van der Waals surface area contributed by atoms with Gasteiger partial charge in [-0.25, -0.2) is 14.1 Å². The second-order valence-electron chi connectivity index (χ2n) is 18.1. The fourth-order valence-corrected chi connectivity index (χ4v) is 9.31. The number of aryl methyl sites for hydroxylation is 1. The first-order valence-corrected chi connectivity index (χ1v) is 22.2. The van der Waals surface area contributed by atoms with Crippen LogP contribution >= 0.6 is 0 Å². The maximum absolute atomic E-state index is 15.5. The molecule has 0 saturated carbocycles. The number of aromatic nitrogens is 5. The molecular formula is C47H49F4N11O5. The molecule has 3 aromatic carbocycles. The Hall–Kier alpha value is -6.80. The van der Waals surface area contributed by atoms with Crippen molar-refractivity contribution in [3.05, 3.63) is 112 Å². The molecule has 3 N–H and O–H groups in total. The molecule has 5 aromatic rings. The van der Waals surface area contributed by atoms with E-state index in [1.54, 1.807) is 10.9 Å². The summed E-state index contributed by atoms with van der Waals surface area (Å²) in [4.78, 5) is 75.2. The lowest BCUT2D eigenvalue weighted by molar-refractivity contribution is -0.182. The Labute approximate surface area is 382 Å². The molecule has 0 aliphatic carbocycles. The monoisotopic (exact) mass is 923 g/mol. The average molecular weight is 924 g/mol. The highest BCUT2D eigenvalue weighted by molar-refractivity contribution is 6.23. The molecule has 1 atom stereocenters. The molecule has 2 aromatic heterocycles. The number of piperazine rings is 1. The number of likely N-dealkylation sites (tertiary alicyclic amines) is 1. The second kappa shape index (κ2) is 17.8. The van der Waals surface area contributed by atoms with E-state index in [9.17, 15) is 37.1 Å². The van der Waals surface area contributed by atoms with E-state index in [-0.39, 0.29) is 47.6 Å². The Morgan fingerprint density at radius 2 is 1.58 bits per heavy atom. The number of nitrogens with zero attached hydrogens (tertiary/aromatic N) is 8. The normalized spacial score (nSPS) is 19.0. The Morgan fingerprint density at radius 1 is 0.866 bits per heavy atom. The number of rotatable bonds is 11. The van der Waals surface area contributed by atoms with Crippen LogP contribution in [0.4, 0.5) is 23.2 Å². The molecule has 3 saturated heterocycles. The number of hydrogen-bond acceptors (Lipinski definition) is 11. The van der Waals surface area contributed by atoms with Crippen molar-refractivity contribution in [1.29, 1.82) is 0 Å². The summed E-state index contributed by atoms with van der Waals surface area (Å²) in [6.45, 7) is 8.99. The zero-order valence-corrected chi connectivity index (χ0v) is 37.1. The van der Waals surface area contributed by atoms with Crippen LogP contribution in [0.15, 0.2) is 67.0 Å². The van der Waals surface area contributed by atoms with E-state index in [0.717, 1.165) is 92.8 Å². The van der Waals surface area contributed by atoms with Crippen molar-refractivity contribution >= 4 is 35.2 Å². The molecule has 9 rings (SSSR count). The van der Waals surface area contributed by atoms with E-state index in [0.29, 0.717) is 19.1 Å². The molecule has 4 aliphatic heterocycles. The fraction of sp³-hybridized carbons (Fsp3) is 0.404. The summed E-state index contributed by atoms with van der Waals surface area (Å²) in [5.41, 5.74) is 3.26. The molecule has 3 fully saturated rings. The van der Waals surface area contributed by atoms with E-state index in [1.807, 2.05) is 24.0 Å². The average Bonchev–Trinajstić information content (AvgIpc) is 4.05. The van der Waals surface area contributed by atoms with Gasteiger partial charge in [-0.3, -0.25) is 49.1 Å². The quantitative estimate of drug-likeness (QED) is 0.119. The number of imide groups is 2. The molecule has 0 bridgehead atoms. The van der Waals surface area contributed by atoms with Gasteiger partial charge in [-0.15, -0.1) is 0 Å². The van der Waals surface area contributed by atoms with Crippen molar-refractivity contribution in [2.24, 2.45) is 0 Å². The van der Waals surface area contributed by atoms with E-state index in [2.05, 4.69) is 71.0 Å². The summed E-state index contributed by atoms with van der Waals surface area (Å²) in [6.07, 6.45) is 0.485. The lowest BCUT2D eigenvalue weighted by Crippen LogP contribution is -2.54. The van der Waals surface area contributed by atoms with Gasteiger partial charge in [-0.1, -0.05) is 24.3 Å². The third kappa shape index (κ3) is 8.94. The molecular weight excluding hydrogens is 875 g/mol. The fourth-order valence-electron chi connectivity index (χ4n) is 9.31. The van der Waals surface area contributed by atoms with Crippen molar-refractivity contribution in [2.45, 2.75) is 83.2 Å². The Balaban J connectivity index is 0.754. The maximum Gasteiger partial charge on any atom is 0.401 e. The molecule has 16 nitrogen and oxygen atoms in total. The number of benzene rings is 3. The van der Waals surface area contributed by atoms with Gasteiger partial charge in [0, 0.05) is 51.4 Å². The van der Waals surface area contributed by atoms with Gasteiger partial charge in [0.2, 0.25) is 11.8 Å².